The normalized spacial score (nSPS) is 28.1. The number of hydrogen-bond donors (Lipinski definition) is 0. The highest BCUT2D eigenvalue weighted by Crippen LogP contribution is 2.41. The molecule has 3 fully saturated rings. The van der Waals surface area contributed by atoms with Gasteiger partial charge in [0.15, 0.2) is 0 Å². The summed E-state index contributed by atoms with van der Waals surface area (Å²) in [6, 6.07) is 0.314. The van der Waals surface area contributed by atoms with E-state index in [-0.39, 0.29) is 17.2 Å². The fourth-order valence-electron chi connectivity index (χ4n) is 4.55. The number of carbonyl (C=O) groups is 2. The molecule has 1 aromatic rings. The highest BCUT2D eigenvalue weighted by Gasteiger charge is 2.50. The fraction of sp³-hybridized carbons (Fsp3) is 0.722. The summed E-state index contributed by atoms with van der Waals surface area (Å²) in [5.41, 5.74) is -0.360. The van der Waals surface area contributed by atoms with Crippen LogP contribution in [0.1, 0.15) is 32.1 Å². The molecule has 0 saturated carbocycles. The smallest absolute Gasteiger partial charge is 0.242 e. The summed E-state index contributed by atoms with van der Waals surface area (Å²) in [4.78, 5) is 33.8. The molecule has 0 bridgehead atoms. The molecule has 3 saturated heterocycles. The molecule has 7 nitrogen and oxygen atoms in total. The highest BCUT2D eigenvalue weighted by atomic mass is 16.5. The summed E-state index contributed by atoms with van der Waals surface area (Å²) in [5, 5.41) is 0. The first kappa shape index (κ1) is 16.6. The van der Waals surface area contributed by atoms with Crippen molar-refractivity contribution in [3.63, 3.8) is 0 Å². The molecule has 7 heteroatoms. The standard InChI is InChI=1S/C18H26N4O3/c23-16(12-20-9-6-19-14-20)21-8-5-18(13-21)4-1-7-22(17(18)24)15-2-10-25-11-3-15/h6,9,14-15H,1-5,7-8,10-13H2. The van der Waals surface area contributed by atoms with Crippen LogP contribution in [0, 0.1) is 5.41 Å². The number of ether oxygens (including phenoxy) is 1. The number of amides is 2. The minimum atomic E-state index is -0.360. The van der Waals surface area contributed by atoms with Crippen molar-refractivity contribution in [3.8, 4) is 0 Å². The van der Waals surface area contributed by atoms with E-state index in [2.05, 4.69) is 9.88 Å². The van der Waals surface area contributed by atoms with Crippen LogP contribution in [0.4, 0.5) is 0 Å². The zero-order valence-electron chi connectivity index (χ0n) is 14.6. The number of likely N-dealkylation sites (tertiary alicyclic amines) is 2. The van der Waals surface area contributed by atoms with Crippen LogP contribution >= 0.6 is 0 Å². The molecular weight excluding hydrogens is 320 g/mol. The second-order valence-corrected chi connectivity index (χ2v) is 7.53. The van der Waals surface area contributed by atoms with E-state index < -0.39 is 0 Å². The number of nitrogens with zero attached hydrogens (tertiary/aromatic N) is 4. The molecule has 4 heterocycles. The predicted octanol–water partition coefficient (Wildman–Crippen LogP) is 0.903. The van der Waals surface area contributed by atoms with E-state index in [1.807, 2.05) is 4.90 Å². The Labute approximate surface area is 147 Å². The number of piperidine rings is 1. The first-order valence-corrected chi connectivity index (χ1v) is 9.30. The SMILES string of the molecule is O=C(Cn1ccnc1)N1CCC2(CCCN(C3CCOCC3)C2=O)C1. The lowest BCUT2D eigenvalue weighted by Gasteiger charge is -2.44. The van der Waals surface area contributed by atoms with Crippen LogP contribution in [-0.4, -0.2) is 70.1 Å². The van der Waals surface area contributed by atoms with E-state index in [1.54, 1.807) is 23.3 Å². The molecule has 25 heavy (non-hydrogen) atoms. The molecular formula is C18H26N4O3. The minimum Gasteiger partial charge on any atom is -0.381 e. The van der Waals surface area contributed by atoms with Gasteiger partial charge < -0.3 is 19.1 Å². The van der Waals surface area contributed by atoms with E-state index in [0.29, 0.717) is 25.7 Å². The first-order chi connectivity index (χ1) is 12.2. The number of imidazole rings is 1. The molecule has 4 rings (SSSR count). The molecule has 0 aliphatic carbocycles. The molecule has 3 aliphatic rings. The van der Waals surface area contributed by atoms with Crippen molar-refractivity contribution < 1.29 is 14.3 Å². The fourth-order valence-corrected chi connectivity index (χ4v) is 4.55. The van der Waals surface area contributed by atoms with Crippen LogP contribution < -0.4 is 0 Å². The van der Waals surface area contributed by atoms with Gasteiger partial charge in [-0.2, -0.15) is 0 Å². The van der Waals surface area contributed by atoms with Gasteiger partial charge in [0.1, 0.15) is 6.54 Å². The summed E-state index contributed by atoms with van der Waals surface area (Å²) in [6.45, 7) is 3.90. The van der Waals surface area contributed by atoms with Gasteiger partial charge in [0.05, 0.1) is 11.7 Å². The summed E-state index contributed by atoms with van der Waals surface area (Å²) >= 11 is 0. The Balaban J connectivity index is 1.42. The first-order valence-electron chi connectivity index (χ1n) is 9.30. The molecule has 1 unspecified atom stereocenters. The van der Waals surface area contributed by atoms with Crippen molar-refractivity contribution in [3.05, 3.63) is 18.7 Å². The third kappa shape index (κ3) is 3.17. The maximum Gasteiger partial charge on any atom is 0.242 e. The predicted molar refractivity (Wildman–Crippen MR) is 90.6 cm³/mol. The highest BCUT2D eigenvalue weighted by molar-refractivity contribution is 5.86. The minimum absolute atomic E-state index is 0.0749. The van der Waals surface area contributed by atoms with Gasteiger partial charge in [-0.3, -0.25) is 9.59 Å². The van der Waals surface area contributed by atoms with Crippen LogP contribution in [0.2, 0.25) is 0 Å². The van der Waals surface area contributed by atoms with Gasteiger partial charge >= 0.3 is 0 Å². The van der Waals surface area contributed by atoms with Gasteiger partial charge in [-0.1, -0.05) is 0 Å². The molecule has 0 radical (unpaired) electrons. The van der Waals surface area contributed by atoms with Gasteiger partial charge in [-0.25, -0.2) is 4.98 Å². The van der Waals surface area contributed by atoms with E-state index in [0.717, 1.165) is 51.9 Å². The van der Waals surface area contributed by atoms with Gasteiger partial charge in [0.25, 0.3) is 0 Å². The molecule has 136 valence electrons. The van der Waals surface area contributed by atoms with Gasteiger partial charge in [0, 0.05) is 51.3 Å². The Hall–Kier alpha value is -1.89. The Kier molecular flexibility index (Phi) is 4.50. The average Bonchev–Trinajstić information content (AvgIpc) is 3.29. The molecule has 1 atom stereocenters. The zero-order valence-corrected chi connectivity index (χ0v) is 14.6. The van der Waals surface area contributed by atoms with E-state index in [4.69, 9.17) is 4.74 Å². The summed E-state index contributed by atoms with van der Waals surface area (Å²) in [7, 11) is 0. The summed E-state index contributed by atoms with van der Waals surface area (Å²) < 4.78 is 7.23. The lowest BCUT2D eigenvalue weighted by molar-refractivity contribution is -0.151. The van der Waals surface area contributed by atoms with Crippen LogP contribution in [0.3, 0.4) is 0 Å². The largest absolute Gasteiger partial charge is 0.381 e. The van der Waals surface area contributed by atoms with Crippen molar-refractivity contribution in [2.45, 2.75) is 44.7 Å². The van der Waals surface area contributed by atoms with Crippen LogP contribution in [-0.2, 0) is 20.9 Å². The maximum atomic E-state index is 13.3. The Bertz CT molecular complexity index is 626. The molecule has 3 aliphatic heterocycles. The Morgan fingerprint density at radius 2 is 2.12 bits per heavy atom. The van der Waals surface area contributed by atoms with Crippen LogP contribution in [0.25, 0.3) is 0 Å². The van der Waals surface area contributed by atoms with Crippen LogP contribution in [0.15, 0.2) is 18.7 Å². The van der Waals surface area contributed by atoms with Crippen molar-refractivity contribution in [2.24, 2.45) is 5.41 Å². The van der Waals surface area contributed by atoms with Crippen molar-refractivity contribution in [1.82, 2.24) is 19.4 Å². The monoisotopic (exact) mass is 346 g/mol. The number of hydrogen-bond acceptors (Lipinski definition) is 4. The quantitative estimate of drug-likeness (QED) is 0.816. The lowest BCUT2D eigenvalue weighted by Crippen LogP contribution is -2.55. The number of carbonyl (C=O) groups excluding carboxylic acids is 2. The lowest BCUT2D eigenvalue weighted by atomic mass is 9.77. The van der Waals surface area contributed by atoms with E-state index in [1.165, 1.54) is 0 Å². The second kappa shape index (κ2) is 6.78. The number of aromatic nitrogens is 2. The third-order valence-corrected chi connectivity index (χ3v) is 5.98. The van der Waals surface area contributed by atoms with Gasteiger partial charge in [-0.05, 0) is 32.1 Å². The van der Waals surface area contributed by atoms with E-state index >= 15 is 0 Å². The third-order valence-electron chi connectivity index (χ3n) is 5.98. The maximum absolute atomic E-state index is 13.3. The zero-order chi connectivity index (χ0) is 17.3. The molecule has 1 spiro atoms. The Morgan fingerprint density at radius 3 is 2.88 bits per heavy atom. The van der Waals surface area contributed by atoms with Gasteiger partial charge in [0.2, 0.25) is 11.8 Å². The second-order valence-electron chi connectivity index (χ2n) is 7.53. The molecule has 1 aromatic heterocycles. The number of rotatable bonds is 3. The Morgan fingerprint density at radius 1 is 1.28 bits per heavy atom. The topological polar surface area (TPSA) is 67.7 Å². The summed E-state index contributed by atoms with van der Waals surface area (Å²) in [6.07, 6.45) is 9.73. The van der Waals surface area contributed by atoms with Crippen LogP contribution in [0.5, 0.6) is 0 Å². The van der Waals surface area contributed by atoms with Crippen molar-refractivity contribution in [1.29, 1.82) is 0 Å². The van der Waals surface area contributed by atoms with Crippen molar-refractivity contribution >= 4 is 11.8 Å². The summed E-state index contributed by atoms with van der Waals surface area (Å²) in [5.74, 6) is 0.342. The van der Waals surface area contributed by atoms with E-state index in [9.17, 15) is 9.59 Å². The average molecular weight is 346 g/mol. The van der Waals surface area contributed by atoms with Gasteiger partial charge in [-0.15, -0.1) is 0 Å². The molecule has 2 amide bonds. The van der Waals surface area contributed by atoms with Crippen molar-refractivity contribution in [2.75, 3.05) is 32.8 Å². The molecule has 0 N–H and O–H groups in total. The molecule has 0 aromatic carbocycles.